The summed E-state index contributed by atoms with van der Waals surface area (Å²) in [4.78, 5) is 12.4. The second kappa shape index (κ2) is 6.33. The zero-order valence-electron chi connectivity index (χ0n) is 12.4. The Morgan fingerprint density at radius 3 is 2.29 bits per heavy atom. The van der Waals surface area contributed by atoms with Crippen molar-refractivity contribution in [3.05, 3.63) is 68.7 Å². The minimum Gasteiger partial charge on any atom is -0.294 e. The van der Waals surface area contributed by atoms with Gasteiger partial charge in [0.15, 0.2) is 5.78 Å². The van der Waals surface area contributed by atoms with Crippen molar-refractivity contribution in [1.82, 2.24) is 0 Å². The monoisotopic (exact) mass is 364 g/mol. The normalized spacial score (nSPS) is 11.5. The van der Waals surface area contributed by atoms with Crippen LogP contribution in [0.5, 0.6) is 0 Å². The van der Waals surface area contributed by atoms with Gasteiger partial charge in [-0.05, 0) is 34.7 Å². The van der Waals surface area contributed by atoms with Gasteiger partial charge < -0.3 is 0 Å². The predicted molar refractivity (Wildman–Crippen MR) is 92.3 cm³/mol. The smallest absolute Gasteiger partial charge is 0.168 e. The second-order valence-corrected chi connectivity index (χ2v) is 7.46. The molecule has 110 valence electrons. The van der Waals surface area contributed by atoms with Gasteiger partial charge in [-0.25, -0.2) is 0 Å². The number of ketones is 1. The van der Waals surface area contributed by atoms with E-state index in [1.807, 2.05) is 12.1 Å². The number of hydrogen-bond donors (Lipinski definition) is 0. The highest BCUT2D eigenvalue weighted by molar-refractivity contribution is 9.10. The number of carbonyl (C=O) groups is 1. The Kier molecular flexibility index (Phi) is 4.90. The number of rotatable bonds is 3. The average molecular weight is 366 g/mol. The largest absolute Gasteiger partial charge is 0.294 e. The number of halogens is 2. The van der Waals surface area contributed by atoms with Gasteiger partial charge in [-0.1, -0.05) is 72.6 Å². The van der Waals surface area contributed by atoms with E-state index in [4.69, 9.17) is 11.6 Å². The van der Waals surface area contributed by atoms with Gasteiger partial charge in [-0.3, -0.25) is 4.79 Å². The lowest BCUT2D eigenvalue weighted by Gasteiger charge is -2.19. The molecule has 0 aliphatic carbocycles. The first-order chi connectivity index (χ1) is 9.77. The van der Waals surface area contributed by atoms with Crippen molar-refractivity contribution >= 4 is 33.3 Å². The van der Waals surface area contributed by atoms with Crippen LogP contribution in [-0.4, -0.2) is 5.78 Å². The van der Waals surface area contributed by atoms with Crippen LogP contribution in [-0.2, 0) is 11.8 Å². The lowest BCUT2D eigenvalue weighted by atomic mass is 9.86. The highest BCUT2D eigenvalue weighted by Gasteiger charge is 2.15. The SMILES string of the molecule is CC(C)(C)c1ccc(CC(=O)c2cc(Cl)ccc2Br)cc1. The van der Waals surface area contributed by atoms with Gasteiger partial charge in [0, 0.05) is 21.5 Å². The van der Waals surface area contributed by atoms with Crippen LogP contribution >= 0.6 is 27.5 Å². The molecule has 2 aromatic carbocycles. The molecule has 21 heavy (non-hydrogen) atoms. The molecule has 0 aliphatic rings. The van der Waals surface area contributed by atoms with E-state index in [0.717, 1.165) is 10.0 Å². The van der Waals surface area contributed by atoms with Gasteiger partial charge in [0.25, 0.3) is 0 Å². The highest BCUT2D eigenvalue weighted by atomic mass is 79.9. The maximum Gasteiger partial charge on any atom is 0.168 e. The highest BCUT2D eigenvalue weighted by Crippen LogP contribution is 2.24. The number of carbonyl (C=O) groups excluding carboxylic acids is 1. The van der Waals surface area contributed by atoms with E-state index >= 15 is 0 Å². The first kappa shape index (κ1) is 16.3. The molecule has 0 fully saturated rings. The van der Waals surface area contributed by atoms with Gasteiger partial charge in [0.1, 0.15) is 0 Å². The maximum absolute atomic E-state index is 12.4. The van der Waals surface area contributed by atoms with Gasteiger partial charge in [0.2, 0.25) is 0 Å². The van der Waals surface area contributed by atoms with Crippen LogP contribution in [0.3, 0.4) is 0 Å². The van der Waals surface area contributed by atoms with Crippen LogP contribution in [0, 0.1) is 0 Å². The average Bonchev–Trinajstić information content (AvgIpc) is 2.41. The molecule has 0 bridgehead atoms. The first-order valence-corrected chi connectivity index (χ1v) is 8.02. The molecule has 3 heteroatoms. The molecule has 0 unspecified atom stereocenters. The van der Waals surface area contributed by atoms with E-state index in [1.165, 1.54) is 5.56 Å². The minimum atomic E-state index is 0.0629. The molecule has 2 rings (SSSR count). The number of hydrogen-bond acceptors (Lipinski definition) is 1. The molecule has 0 atom stereocenters. The molecular formula is C18H18BrClO. The quantitative estimate of drug-likeness (QED) is 0.626. The van der Waals surface area contributed by atoms with Crippen molar-refractivity contribution in [3.63, 3.8) is 0 Å². The van der Waals surface area contributed by atoms with Crippen LogP contribution in [0.1, 0.15) is 42.3 Å². The van der Waals surface area contributed by atoms with Crippen LogP contribution in [0.4, 0.5) is 0 Å². The lowest BCUT2D eigenvalue weighted by Crippen LogP contribution is -2.11. The van der Waals surface area contributed by atoms with Crippen molar-refractivity contribution in [2.75, 3.05) is 0 Å². The van der Waals surface area contributed by atoms with E-state index < -0.39 is 0 Å². The lowest BCUT2D eigenvalue weighted by molar-refractivity contribution is 0.0992. The van der Waals surface area contributed by atoms with E-state index in [-0.39, 0.29) is 11.2 Å². The van der Waals surface area contributed by atoms with Gasteiger partial charge >= 0.3 is 0 Å². The molecule has 0 N–H and O–H groups in total. The summed E-state index contributed by atoms with van der Waals surface area (Å²) in [5, 5.41) is 0.574. The van der Waals surface area contributed by atoms with Crippen molar-refractivity contribution < 1.29 is 4.79 Å². The van der Waals surface area contributed by atoms with E-state index in [2.05, 4.69) is 48.8 Å². The van der Waals surface area contributed by atoms with Crippen molar-refractivity contribution in [2.45, 2.75) is 32.6 Å². The molecule has 0 heterocycles. The van der Waals surface area contributed by atoms with Crippen molar-refractivity contribution in [2.24, 2.45) is 0 Å². The molecule has 0 aromatic heterocycles. The fourth-order valence-electron chi connectivity index (χ4n) is 2.11. The summed E-state index contributed by atoms with van der Waals surface area (Å²) in [5.74, 6) is 0.0629. The van der Waals surface area contributed by atoms with Crippen molar-refractivity contribution in [3.8, 4) is 0 Å². The zero-order chi connectivity index (χ0) is 15.6. The molecule has 0 saturated heterocycles. The van der Waals surface area contributed by atoms with Gasteiger partial charge in [-0.2, -0.15) is 0 Å². The van der Waals surface area contributed by atoms with Gasteiger partial charge in [-0.15, -0.1) is 0 Å². The topological polar surface area (TPSA) is 17.1 Å². The maximum atomic E-state index is 12.4. The Morgan fingerprint density at radius 2 is 1.71 bits per heavy atom. The number of benzene rings is 2. The summed E-state index contributed by atoms with van der Waals surface area (Å²) >= 11 is 9.36. The Hall–Kier alpha value is -1.12. The minimum absolute atomic E-state index is 0.0629. The second-order valence-electron chi connectivity index (χ2n) is 6.17. The molecule has 0 spiro atoms. The molecule has 0 saturated carbocycles. The summed E-state index contributed by atoms with van der Waals surface area (Å²) in [6, 6.07) is 13.5. The molecular weight excluding hydrogens is 348 g/mol. The zero-order valence-corrected chi connectivity index (χ0v) is 14.8. The van der Waals surface area contributed by atoms with E-state index in [0.29, 0.717) is 17.0 Å². The van der Waals surface area contributed by atoms with Gasteiger partial charge in [0.05, 0.1) is 0 Å². The summed E-state index contributed by atoms with van der Waals surface area (Å²) in [7, 11) is 0. The summed E-state index contributed by atoms with van der Waals surface area (Å²) in [6.45, 7) is 6.53. The first-order valence-electron chi connectivity index (χ1n) is 6.85. The molecule has 2 aromatic rings. The molecule has 0 radical (unpaired) electrons. The fraction of sp³-hybridized carbons (Fsp3) is 0.278. The van der Waals surface area contributed by atoms with E-state index in [9.17, 15) is 4.79 Å². The van der Waals surface area contributed by atoms with Crippen LogP contribution in [0.2, 0.25) is 5.02 Å². The molecule has 0 amide bonds. The Bertz CT molecular complexity index is 654. The third-order valence-electron chi connectivity index (χ3n) is 3.41. The third kappa shape index (κ3) is 4.18. The molecule has 0 aliphatic heterocycles. The predicted octanol–water partition coefficient (Wildman–Crippen LogP) is 5.83. The Balaban J connectivity index is 2.18. The standard InChI is InChI=1S/C18H18BrClO/c1-18(2,3)13-6-4-12(5-7-13)10-17(21)15-11-14(20)8-9-16(15)19/h4-9,11H,10H2,1-3H3. The Labute approximate surface area is 139 Å². The Morgan fingerprint density at radius 1 is 1.10 bits per heavy atom. The van der Waals surface area contributed by atoms with Crippen molar-refractivity contribution in [1.29, 1.82) is 0 Å². The van der Waals surface area contributed by atoms with Crippen LogP contribution < -0.4 is 0 Å². The van der Waals surface area contributed by atoms with Crippen LogP contribution in [0.25, 0.3) is 0 Å². The summed E-state index contributed by atoms with van der Waals surface area (Å²) in [5.41, 5.74) is 3.03. The third-order valence-corrected chi connectivity index (χ3v) is 4.34. The number of Topliss-reactive ketones (excluding diaryl/α,β-unsaturated/α-hetero) is 1. The summed E-state index contributed by atoms with van der Waals surface area (Å²) in [6.07, 6.45) is 0.378. The molecule has 1 nitrogen and oxygen atoms in total. The van der Waals surface area contributed by atoms with E-state index in [1.54, 1.807) is 18.2 Å². The fourth-order valence-corrected chi connectivity index (χ4v) is 2.75. The summed E-state index contributed by atoms with van der Waals surface area (Å²) < 4.78 is 0.781. The van der Waals surface area contributed by atoms with Crippen LogP contribution in [0.15, 0.2) is 46.9 Å².